The maximum Gasteiger partial charge on any atom is 0.309 e. The first-order chi connectivity index (χ1) is 9.29. The summed E-state index contributed by atoms with van der Waals surface area (Å²) in [6.45, 7) is 8.24. The van der Waals surface area contributed by atoms with Crippen LogP contribution in [0.2, 0.25) is 0 Å². The molecular weight excluding hydrogens is 258 g/mol. The van der Waals surface area contributed by atoms with Crippen molar-refractivity contribution in [3.63, 3.8) is 0 Å². The average Bonchev–Trinajstić information content (AvgIpc) is 2.69. The Morgan fingerprint density at radius 1 is 1.25 bits per heavy atom. The summed E-state index contributed by atoms with van der Waals surface area (Å²) < 4.78 is 4.98. The van der Waals surface area contributed by atoms with Gasteiger partial charge < -0.3 is 9.72 Å². The molecule has 0 fully saturated rings. The van der Waals surface area contributed by atoms with Gasteiger partial charge in [0.15, 0.2) is 12.4 Å². The van der Waals surface area contributed by atoms with Gasteiger partial charge in [-0.15, -0.1) is 0 Å². The Bertz CT molecular complexity index is 542. The molecule has 0 bridgehead atoms. The topological polar surface area (TPSA) is 76.2 Å². The van der Waals surface area contributed by atoms with Crippen LogP contribution in [0.15, 0.2) is 0 Å². The third-order valence-corrected chi connectivity index (χ3v) is 3.43. The second kappa shape index (κ2) is 6.50. The van der Waals surface area contributed by atoms with Gasteiger partial charge in [-0.2, -0.15) is 0 Å². The third-order valence-electron chi connectivity index (χ3n) is 3.43. The molecule has 5 nitrogen and oxygen atoms in total. The first kappa shape index (κ1) is 16.1. The van der Waals surface area contributed by atoms with E-state index in [1.54, 1.807) is 20.8 Å². The standard InChI is InChI=1S/C15H21NO4/c1-6-8(2)15(19)20-7-12(18)14-9(3)13(11(5)17)10(4)16-14/h8,16H,6-7H2,1-5H3. The lowest BCUT2D eigenvalue weighted by Crippen LogP contribution is -2.19. The molecule has 0 saturated carbocycles. The number of esters is 1. The van der Waals surface area contributed by atoms with Crippen molar-refractivity contribution in [2.24, 2.45) is 5.92 Å². The Kier molecular flexibility index (Phi) is 5.25. The maximum atomic E-state index is 12.0. The lowest BCUT2D eigenvalue weighted by atomic mass is 10.1. The summed E-state index contributed by atoms with van der Waals surface area (Å²) >= 11 is 0. The van der Waals surface area contributed by atoms with E-state index in [1.165, 1.54) is 6.92 Å². The Labute approximate surface area is 118 Å². The lowest BCUT2D eigenvalue weighted by Gasteiger charge is -2.08. The second-order valence-electron chi connectivity index (χ2n) is 5.02. The van der Waals surface area contributed by atoms with E-state index in [0.29, 0.717) is 28.9 Å². The number of hydrogen-bond acceptors (Lipinski definition) is 4. The summed E-state index contributed by atoms with van der Waals surface area (Å²) in [6.07, 6.45) is 0.669. The Balaban J connectivity index is 2.82. The summed E-state index contributed by atoms with van der Waals surface area (Å²) in [4.78, 5) is 38.0. The number of Topliss-reactive ketones (excluding diaryl/α,β-unsaturated/α-hetero) is 2. The van der Waals surface area contributed by atoms with Crippen molar-refractivity contribution < 1.29 is 19.1 Å². The van der Waals surface area contributed by atoms with Crippen LogP contribution in [-0.2, 0) is 9.53 Å². The second-order valence-corrected chi connectivity index (χ2v) is 5.02. The molecule has 1 N–H and O–H groups in total. The van der Waals surface area contributed by atoms with Crippen LogP contribution >= 0.6 is 0 Å². The maximum absolute atomic E-state index is 12.0. The number of nitrogens with one attached hydrogen (secondary N) is 1. The molecule has 110 valence electrons. The number of ketones is 2. The van der Waals surface area contributed by atoms with Crippen LogP contribution in [0.3, 0.4) is 0 Å². The average molecular weight is 279 g/mol. The lowest BCUT2D eigenvalue weighted by molar-refractivity contribution is -0.146. The van der Waals surface area contributed by atoms with Gasteiger partial charge in [0.25, 0.3) is 0 Å². The van der Waals surface area contributed by atoms with Crippen molar-refractivity contribution >= 4 is 17.5 Å². The van der Waals surface area contributed by atoms with Crippen LogP contribution in [-0.4, -0.2) is 29.1 Å². The fourth-order valence-corrected chi connectivity index (χ4v) is 2.07. The molecule has 0 aliphatic carbocycles. The van der Waals surface area contributed by atoms with Gasteiger partial charge in [-0.05, 0) is 32.8 Å². The van der Waals surface area contributed by atoms with E-state index in [-0.39, 0.29) is 30.1 Å². The van der Waals surface area contributed by atoms with Crippen molar-refractivity contribution in [2.75, 3.05) is 6.61 Å². The molecule has 0 spiro atoms. The van der Waals surface area contributed by atoms with E-state index >= 15 is 0 Å². The van der Waals surface area contributed by atoms with E-state index in [4.69, 9.17) is 4.74 Å². The fraction of sp³-hybridized carbons (Fsp3) is 0.533. The van der Waals surface area contributed by atoms with Crippen molar-refractivity contribution in [2.45, 2.75) is 41.0 Å². The molecule has 0 aliphatic heterocycles. The molecule has 0 aromatic carbocycles. The molecule has 0 aliphatic rings. The van der Waals surface area contributed by atoms with Gasteiger partial charge in [0.1, 0.15) is 0 Å². The number of carbonyl (C=O) groups excluding carboxylic acids is 3. The van der Waals surface area contributed by atoms with Crippen molar-refractivity contribution in [3.8, 4) is 0 Å². The third kappa shape index (κ3) is 3.35. The summed E-state index contributed by atoms with van der Waals surface area (Å²) in [5.41, 5.74) is 2.14. The zero-order valence-electron chi connectivity index (χ0n) is 12.6. The molecular formula is C15H21NO4. The first-order valence-corrected chi connectivity index (χ1v) is 6.69. The number of carbonyl (C=O) groups is 3. The molecule has 1 aromatic rings. The Morgan fingerprint density at radius 3 is 2.30 bits per heavy atom. The van der Waals surface area contributed by atoms with Crippen LogP contribution in [0.25, 0.3) is 0 Å². The summed E-state index contributed by atoms with van der Waals surface area (Å²) in [6, 6.07) is 0. The minimum Gasteiger partial charge on any atom is -0.457 e. The van der Waals surface area contributed by atoms with E-state index in [2.05, 4.69) is 4.98 Å². The first-order valence-electron chi connectivity index (χ1n) is 6.69. The molecule has 1 heterocycles. The van der Waals surface area contributed by atoms with Gasteiger partial charge in [0.2, 0.25) is 5.78 Å². The molecule has 20 heavy (non-hydrogen) atoms. The van der Waals surface area contributed by atoms with Crippen LogP contribution < -0.4 is 0 Å². The number of H-pyrrole nitrogens is 1. The minimum atomic E-state index is -0.381. The monoisotopic (exact) mass is 279 g/mol. The molecule has 0 radical (unpaired) electrons. The highest BCUT2D eigenvalue weighted by molar-refractivity contribution is 6.04. The highest BCUT2D eigenvalue weighted by Gasteiger charge is 2.21. The molecule has 0 saturated heterocycles. The largest absolute Gasteiger partial charge is 0.457 e. The van der Waals surface area contributed by atoms with E-state index in [1.807, 2.05) is 6.92 Å². The smallest absolute Gasteiger partial charge is 0.309 e. The number of rotatable bonds is 6. The van der Waals surface area contributed by atoms with E-state index in [9.17, 15) is 14.4 Å². The summed E-state index contributed by atoms with van der Waals surface area (Å²) in [7, 11) is 0. The number of aryl methyl sites for hydroxylation is 1. The van der Waals surface area contributed by atoms with Crippen molar-refractivity contribution in [1.29, 1.82) is 0 Å². The fourth-order valence-electron chi connectivity index (χ4n) is 2.07. The number of aromatic amines is 1. The SMILES string of the molecule is CCC(C)C(=O)OCC(=O)c1[nH]c(C)c(C(C)=O)c1C. The minimum absolute atomic E-state index is 0.0908. The molecule has 0 amide bonds. The number of aromatic nitrogens is 1. The van der Waals surface area contributed by atoms with E-state index in [0.717, 1.165) is 0 Å². The van der Waals surface area contributed by atoms with Gasteiger partial charge in [-0.3, -0.25) is 14.4 Å². The van der Waals surface area contributed by atoms with Gasteiger partial charge in [-0.1, -0.05) is 13.8 Å². The van der Waals surface area contributed by atoms with Crippen molar-refractivity contribution in [1.82, 2.24) is 4.98 Å². The van der Waals surface area contributed by atoms with Gasteiger partial charge in [0, 0.05) is 11.3 Å². The number of ether oxygens (including phenoxy) is 1. The zero-order chi connectivity index (χ0) is 15.4. The van der Waals surface area contributed by atoms with Crippen molar-refractivity contribution in [3.05, 3.63) is 22.5 Å². The highest BCUT2D eigenvalue weighted by atomic mass is 16.5. The summed E-state index contributed by atoms with van der Waals surface area (Å²) in [5, 5.41) is 0. The summed E-state index contributed by atoms with van der Waals surface area (Å²) in [5.74, 6) is -1.02. The Hall–Kier alpha value is -1.91. The highest BCUT2D eigenvalue weighted by Crippen LogP contribution is 2.19. The predicted molar refractivity (Wildman–Crippen MR) is 75.0 cm³/mol. The normalized spacial score (nSPS) is 12.1. The molecule has 1 aromatic heterocycles. The zero-order valence-corrected chi connectivity index (χ0v) is 12.6. The molecule has 1 unspecified atom stereocenters. The van der Waals surface area contributed by atoms with Gasteiger partial charge >= 0.3 is 5.97 Å². The van der Waals surface area contributed by atoms with Gasteiger partial charge in [0.05, 0.1) is 11.6 Å². The Morgan fingerprint density at radius 2 is 1.85 bits per heavy atom. The predicted octanol–water partition coefficient (Wildman–Crippen LogP) is 2.61. The van der Waals surface area contributed by atoms with Crippen LogP contribution in [0, 0.1) is 19.8 Å². The molecule has 1 atom stereocenters. The van der Waals surface area contributed by atoms with Crippen LogP contribution in [0.1, 0.15) is 59.3 Å². The van der Waals surface area contributed by atoms with Gasteiger partial charge in [-0.25, -0.2) is 0 Å². The van der Waals surface area contributed by atoms with E-state index < -0.39 is 0 Å². The van der Waals surface area contributed by atoms with Crippen LogP contribution in [0.5, 0.6) is 0 Å². The quantitative estimate of drug-likeness (QED) is 0.641. The number of hydrogen-bond donors (Lipinski definition) is 1. The van der Waals surface area contributed by atoms with Crippen LogP contribution in [0.4, 0.5) is 0 Å². The molecule has 5 heteroatoms. The molecule has 1 rings (SSSR count).